The quantitative estimate of drug-likeness (QED) is 0.759. The van der Waals surface area contributed by atoms with E-state index in [1.807, 2.05) is 26.0 Å². The molecule has 7 heteroatoms. The molecule has 0 aliphatic carbocycles. The molecule has 1 aromatic carbocycles. The molecule has 0 unspecified atom stereocenters. The average molecular weight is 413 g/mol. The molecule has 0 spiro atoms. The topological polar surface area (TPSA) is 51.2 Å². The Kier molecular flexibility index (Phi) is 6.06. The fraction of sp³-hybridized carbons (Fsp3) is 0.611. The highest BCUT2D eigenvalue weighted by molar-refractivity contribution is 9.10. The number of hydrogen-bond acceptors (Lipinski definition) is 5. The zero-order valence-corrected chi connectivity index (χ0v) is 16.4. The van der Waals surface area contributed by atoms with Crippen LogP contribution in [0.3, 0.4) is 0 Å². The second-order valence-electron chi connectivity index (χ2n) is 6.82. The van der Waals surface area contributed by atoms with Crippen molar-refractivity contribution < 1.29 is 19.0 Å². The van der Waals surface area contributed by atoms with Gasteiger partial charge in [0, 0.05) is 37.2 Å². The van der Waals surface area contributed by atoms with Gasteiger partial charge < -0.3 is 19.1 Å². The molecule has 1 saturated heterocycles. The van der Waals surface area contributed by atoms with Crippen molar-refractivity contribution in [3.8, 4) is 11.5 Å². The van der Waals surface area contributed by atoms with Crippen LogP contribution in [0, 0.1) is 5.92 Å². The third kappa shape index (κ3) is 4.79. The van der Waals surface area contributed by atoms with Gasteiger partial charge in [0.2, 0.25) is 0 Å². The molecule has 0 radical (unpaired) electrons. The molecule has 1 aromatic rings. The second-order valence-corrected chi connectivity index (χ2v) is 7.68. The largest absolute Gasteiger partial charge is 0.486 e. The molecule has 0 saturated carbocycles. The van der Waals surface area contributed by atoms with Crippen LogP contribution in [0.4, 0.5) is 4.79 Å². The molecule has 2 aliphatic rings. The molecule has 0 atom stereocenters. The van der Waals surface area contributed by atoms with E-state index < -0.39 is 0 Å². The molecule has 0 N–H and O–H groups in total. The Morgan fingerprint density at radius 2 is 1.80 bits per heavy atom. The molecule has 0 aromatic heterocycles. The van der Waals surface area contributed by atoms with Crippen molar-refractivity contribution in [2.45, 2.75) is 20.4 Å². The number of nitrogens with zero attached hydrogens (tertiary/aromatic N) is 2. The van der Waals surface area contributed by atoms with E-state index in [2.05, 4.69) is 20.8 Å². The summed E-state index contributed by atoms with van der Waals surface area (Å²) in [6, 6.07) is 4.02. The number of benzene rings is 1. The van der Waals surface area contributed by atoms with Crippen LogP contribution in [0.2, 0.25) is 0 Å². The van der Waals surface area contributed by atoms with E-state index in [4.69, 9.17) is 14.2 Å². The van der Waals surface area contributed by atoms with E-state index in [0.29, 0.717) is 38.8 Å². The lowest BCUT2D eigenvalue weighted by molar-refractivity contribution is 0.0675. The highest BCUT2D eigenvalue weighted by atomic mass is 79.9. The summed E-state index contributed by atoms with van der Waals surface area (Å²) in [5.74, 6) is 1.96. The number of ether oxygens (including phenoxy) is 3. The first-order chi connectivity index (χ1) is 12.0. The maximum atomic E-state index is 12.0. The molecule has 138 valence electrons. The Morgan fingerprint density at radius 1 is 1.16 bits per heavy atom. The van der Waals surface area contributed by atoms with Crippen molar-refractivity contribution in [3.05, 3.63) is 22.2 Å². The van der Waals surface area contributed by atoms with Gasteiger partial charge in [-0.2, -0.15) is 0 Å². The maximum Gasteiger partial charge on any atom is 0.409 e. The van der Waals surface area contributed by atoms with Crippen molar-refractivity contribution in [2.75, 3.05) is 46.0 Å². The summed E-state index contributed by atoms with van der Waals surface area (Å²) in [6.45, 7) is 9.59. The Balaban J connectivity index is 1.53. The van der Waals surface area contributed by atoms with Gasteiger partial charge in [-0.05, 0) is 23.6 Å². The van der Waals surface area contributed by atoms with Crippen LogP contribution in [0.5, 0.6) is 11.5 Å². The van der Waals surface area contributed by atoms with Gasteiger partial charge in [0.15, 0.2) is 11.5 Å². The first kappa shape index (κ1) is 18.3. The van der Waals surface area contributed by atoms with Gasteiger partial charge in [0.25, 0.3) is 0 Å². The lowest BCUT2D eigenvalue weighted by Gasteiger charge is -2.34. The van der Waals surface area contributed by atoms with Gasteiger partial charge in [0.05, 0.1) is 6.61 Å². The van der Waals surface area contributed by atoms with Gasteiger partial charge >= 0.3 is 6.09 Å². The van der Waals surface area contributed by atoms with Crippen molar-refractivity contribution in [2.24, 2.45) is 5.92 Å². The minimum Gasteiger partial charge on any atom is -0.486 e. The van der Waals surface area contributed by atoms with Crippen LogP contribution in [0.15, 0.2) is 16.6 Å². The third-order valence-electron chi connectivity index (χ3n) is 4.28. The zero-order valence-electron chi connectivity index (χ0n) is 14.8. The number of rotatable bonds is 4. The van der Waals surface area contributed by atoms with E-state index in [0.717, 1.165) is 35.6 Å². The zero-order chi connectivity index (χ0) is 17.8. The molecule has 25 heavy (non-hydrogen) atoms. The Bertz CT molecular complexity index is 615. The fourth-order valence-corrected chi connectivity index (χ4v) is 3.33. The van der Waals surface area contributed by atoms with E-state index in [-0.39, 0.29) is 6.09 Å². The van der Waals surface area contributed by atoms with Crippen LogP contribution >= 0.6 is 15.9 Å². The van der Waals surface area contributed by atoms with E-state index in [1.165, 1.54) is 5.56 Å². The molecular formula is C18H25BrN2O4. The van der Waals surface area contributed by atoms with Crippen molar-refractivity contribution in [1.82, 2.24) is 9.80 Å². The summed E-state index contributed by atoms with van der Waals surface area (Å²) < 4.78 is 17.6. The molecule has 0 bridgehead atoms. The normalized spacial score (nSPS) is 17.7. The van der Waals surface area contributed by atoms with E-state index in [1.54, 1.807) is 4.90 Å². The molecule has 6 nitrogen and oxygen atoms in total. The van der Waals surface area contributed by atoms with Gasteiger partial charge in [-0.15, -0.1) is 0 Å². The summed E-state index contributed by atoms with van der Waals surface area (Å²) in [7, 11) is 0. The Morgan fingerprint density at radius 3 is 2.44 bits per heavy atom. The molecule has 2 heterocycles. The number of hydrogen-bond donors (Lipinski definition) is 0. The summed E-state index contributed by atoms with van der Waals surface area (Å²) in [4.78, 5) is 16.2. The van der Waals surface area contributed by atoms with Gasteiger partial charge in [-0.1, -0.05) is 29.8 Å². The summed E-state index contributed by atoms with van der Waals surface area (Å²) in [5.41, 5.74) is 1.17. The highest BCUT2D eigenvalue weighted by Crippen LogP contribution is 2.36. The van der Waals surface area contributed by atoms with Gasteiger partial charge in [-0.3, -0.25) is 4.90 Å². The molecule has 2 aliphatic heterocycles. The van der Waals surface area contributed by atoms with Crippen molar-refractivity contribution in [1.29, 1.82) is 0 Å². The van der Waals surface area contributed by atoms with Crippen LogP contribution in [0.1, 0.15) is 19.4 Å². The van der Waals surface area contributed by atoms with Crippen LogP contribution in [0.25, 0.3) is 0 Å². The van der Waals surface area contributed by atoms with E-state index in [9.17, 15) is 4.79 Å². The first-order valence-corrected chi connectivity index (χ1v) is 9.54. The van der Waals surface area contributed by atoms with Crippen LogP contribution in [-0.2, 0) is 11.3 Å². The first-order valence-electron chi connectivity index (χ1n) is 8.75. The summed E-state index contributed by atoms with van der Waals surface area (Å²) >= 11 is 3.62. The van der Waals surface area contributed by atoms with E-state index >= 15 is 0 Å². The lowest BCUT2D eigenvalue weighted by atomic mass is 10.1. The Hall–Kier alpha value is -1.47. The molecule has 1 fully saturated rings. The highest BCUT2D eigenvalue weighted by Gasteiger charge is 2.23. The van der Waals surface area contributed by atoms with Gasteiger partial charge in [-0.25, -0.2) is 4.79 Å². The van der Waals surface area contributed by atoms with Crippen molar-refractivity contribution >= 4 is 22.0 Å². The second kappa shape index (κ2) is 8.27. The average Bonchev–Trinajstić information content (AvgIpc) is 2.61. The SMILES string of the molecule is CC(C)COC(=O)N1CCN(Cc2cc3c(cc2Br)OCCO3)CC1. The lowest BCUT2D eigenvalue weighted by Crippen LogP contribution is -2.48. The minimum absolute atomic E-state index is 0.200. The number of amides is 1. The molecule has 3 rings (SSSR count). The maximum absolute atomic E-state index is 12.0. The minimum atomic E-state index is -0.200. The number of fused-ring (bicyclic) bond motifs is 1. The smallest absolute Gasteiger partial charge is 0.409 e. The Labute approximate surface area is 157 Å². The van der Waals surface area contributed by atoms with Gasteiger partial charge in [0.1, 0.15) is 13.2 Å². The number of halogens is 1. The number of carbonyl (C=O) groups excluding carboxylic acids is 1. The standard InChI is InChI=1S/C18H25BrN2O4/c1-13(2)12-25-18(22)21-5-3-20(4-6-21)11-14-9-16-17(10-15(14)19)24-8-7-23-16/h9-10,13H,3-8,11-12H2,1-2H3. The predicted molar refractivity (Wildman–Crippen MR) is 98.2 cm³/mol. The summed E-state index contributed by atoms with van der Waals surface area (Å²) in [6.07, 6.45) is -0.200. The molecule has 1 amide bonds. The van der Waals surface area contributed by atoms with Crippen molar-refractivity contribution in [3.63, 3.8) is 0 Å². The van der Waals surface area contributed by atoms with Crippen LogP contribution < -0.4 is 9.47 Å². The van der Waals surface area contributed by atoms with Crippen LogP contribution in [-0.4, -0.2) is 61.9 Å². The fourth-order valence-electron chi connectivity index (χ4n) is 2.89. The third-order valence-corrected chi connectivity index (χ3v) is 5.01. The molecular weight excluding hydrogens is 388 g/mol. The number of piperazine rings is 1. The summed E-state index contributed by atoms with van der Waals surface area (Å²) in [5, 5.41) is 0. The predicted octanol–water partition coefficient (Wildman–Crippen LogP) is 3.13. The number of carbonyl (C=O) groups is 1. The monoisotopic (exact) mass is 412 g/mol.